The molecule has 0 N–H and O–H groups in total. The Labute approximate surface area is 80.9 Å². The Morgan fingerprint density at radius 1 is 1.54 bits per heavy atom. The zero-order valence-corrected chi connectivity index (χ0v) is 8.19. The Kier molecular flexibility index (Phi) is 3.14. The van der Waals surface area contributed by atoms with Crippen LogP contribution in [0.3, 0.4) is 0 Å². The molecule has 0 fully saturated rings. The van der Waals surface area contributed by atoms with E-state index in [0.717, 1.165) is 0 Å². The minimum absolute atomic E-state index is 0.0322. The van der Waals surface area contributed by atoms with Crippen LogP contribution >= 0.6 is 11.3 Å². The summed E-state index contributed by atoms with van der Waals surface area (Å²) in [6.07, 6.45) is 0.135. The summed E-state index contributed by atoms with van der Waals surface area (Å²) in [5.74, 6) is -0.153. The number of allylic oxidation sites excluding steroid dienone is 1. The minimum Gasteiger partial charge on any atom is -0.295 e. The number of ketones is 2. The van der Waals surface area contributed by atoms with Gasteiger partial charge in [0, 0.05) is 6.42 Å². The van der Waals surface area contributed by atoms with Crippen molar-refractivity contribution in [3.05, 3.63) is 34.5 Å². The number of carbonyl (C=O) groups excluding carboxylic acids is 2. The average Bonchev–Trinajstić information content (AvgIpc) is 2.55. The van der Waals surface area contributed by atoms with E-state index < -0.39 is 0 Å². The van der Waals surface area contributed by atoms with Gasteiger partial charge in [-0.05, 0) is 23.9 Å². The van der Waals surface area contributed by atoms with Gasteiger partial charge < -0.3 is 0 Å². The quantitative estimate of drug-likeness (QED) is 0.545. The highest BCUT2D eigenvalue weighted by molar-refractivity contribution is 7.12. The van der Waals surface area contributed by atoms with Gasteiger partial charge in [-0.15, -0.1) is 11.3 Å². The van der Waals surface area contributed by atoms with E-state index in [0.29, 0.717) is 10.5 Å². The lowest BCUT2D eigenvalue weighted by Gasteiger charge is -1.97. The molecule has 0 radical (unpaired) electrons. The third-order valence-electron chi connectivity index (χ3n) is 1.67. The number of Topliss-reactive ketones (excluding diaryl/α,β-unsaturated/α-hetero) is 2. The van der Waals surface area contributed by atoms with Crippen LogP contribution in [0.25, 0.3) is 0 Å². The van der Waals surface area contributed by atoms with E-state index >= 15 is 0 Å². The smallest absolute Gasteiger partial charge is 0.177 e. The van der Waals surface area contributed by atoms with Crippen LogP contribution in [0.5, 0.6) is 0 Å². The largest absolute Gasteiger partial charge is 0.295 e. The maximum absolute atomic E-state index is 11.4. The van der Waals surface area contributed by atoms with Gasteiger partial charge in [0.05, 0.1) is 4.88 Å². The van der Waals surface area contributed by atoms with Gasteiger partial charge in [-0.1, -0.05) is 12.6 Å². The first-order valence-electron chi connectivity index (χ1n) is 3.86. The number of thiophene rings is 1. The molecule has 0 spiro atoms. The summed E-state index contributed by atoms with van der Waals surface area (Å²) in [6, 6.07) is 3.56. The number of carbonyl (C=O) groups is 2. The number of rotatable bonds is 4. The second-order valence-corrected chi connectivity index (χ2v) is 3.68. The molecule has 3 heteroatoms. The summed E-state index contributed by atoms with van der Waals surface area (Å²) in [5.41, 5.74) is 0.374. The summed E-state index contributed by atoms with van der Waals surface area (Å²) in [6.45, 7) is 4.96. The molecule has 1 aromatic heterocycles. The van der Waals surface area contributed by atoms with E-state index in [1.54, 1.807) is 6.07 Å². The van der Waals surface area contributed by atoms with Crippen molar-refractivity contribution in [1.82, 2.24) is 0 Å². The van der Waals surface area contributed by atoms with Crippen molar-refractivity contribution < 1.29 is 9.59 Å². The van der Waals surface area contributed by atoms with Crippen molar-refractivity contribution in [3.63, 3.8) is 0 Å². The van der Waals surface area contributed by atoms with Crippen LogP contribution in [0.15, 0.2) is 29.7 Å². The Morgan fingerprint density at radius 2 is 2.23 bits per heavy atom. The van der Waals surface area contributed by atoms with Gasteiger partial charge in [-0.2, -0.15) is 0 Å². The molecule has 68 valence electrons. The van der Waals surface area contributed by atoms with Crippen LogP contribution in [0.2, 0.25) is 0 Å². The maximum Gasteiger partial charge on any atom is 0.177 e. The lowest BCUT2D eigenvalue weighted by molar-refractivity contribution is -0.113. The highest BCUT2D eigenvalue weighted by Gasteiger charge is 2.10. The Morgan fingerprint density at radius 3 is 2.69 bits per heavy atom. The predicted octanol–water partition coefficient (Wildman–Crippen LogP) is 2.47. The molecule has 0 aliphatic carbocycles. The van der Waals surface area contributed by atoms with Crippen molar-refractivity contribution in [3.8, 4) is 0 Å². The van der Waals surface area contributed by atoms with Crippen molar-refractivity contribution in [2.75, 3.05) is 0 Å². The van der Waals surface area contributed by atoms with Crippen molar-refractivity contribution in [2.45, 2.75) is 13.3 Å². The zero-order chi connectivity index (χ0) is 9.84. The third kappa shape index (κ3) is 2.63. The monoisotopic (exact) mass is 194 g/mol. The summed E-state index contributed by atoms with van der Waals surface area (Å²) in [7, 11) is 0. The van der Waals surface area contributed by atoms with Gasteiger partial charge in [0.15, 0.2) is 11.6 Å². The second kappa shape index (κ2) is 4.14. The normalized spacial score (nSPS) is 9.62. The fraction of sp³-hybridized carbons (Fsp3) is 0.200. The van der Waals surface area contributed by atoms with Crippen LogP contribution in [-0.4, -0.2) is 11.6 Å². The van der Waals surface area contributed by atoms with Crippen LogP contribution in [0.1, 0.15) is 23.0 Å². The fourth-order valence-electron chi connectivity index (χ4n) is 0.843. The van der Waals surface area contributed by atoms with E-state index in [4.69, 9.17) is 0 Å². The molecule has 1 aromatic rings. The molecule has 0 saturated heterocycles. The Balaban J connectivity index is 2.62. The number of hydrogen-bond donors (Lipinski definition) is 0. The Bertz CT molecular complexity index is 336. The zero-order valence-electron chi connectivity index (χ0n) is 7.37. The average molecular weight is 194 g/mol. The molecule has 1 heterocycles. The lowest BCUT2D eigenvalue weighted by Crippen LogP contribution is -2.03. The molecule has 13 heavy (non-hydrogen) atoms. The Hall–Kier alpha value is -1.22. The van der Waals surface area contributed by atoms with Crippen molar-refractivity contribution in [1.29, 1.82) is 0 Å². The second-order valence-electron chi connectivity index (χ2n) is 2.74. The van der Waals surface area contributed by atoms with Gasteiger partial charge in [0.25, 0.3) is 0 Å². The standard InChI is InChI=1S/C10H10O2S/c1-7(8(2)11)6-9(12)10-4-3-5-13-10/h3-5H,1,6H2,2H3. The fourth-order valence-corrected chi connectivity index (χ4v) is 1.51. The molecule has 0 unspecified atom stereocenters. The van der Waals surface area contributed by atoms with Gasteiger partial charge >= 0.3 is 0 Å². The molecule has 0 saturated carbocycles. The number of hydrogen-bond acceptors (Lipinski definition) is 3. The molecule has 2 nitrogen and oxygen atoms in total. The first-order chi connectivity index (χ1) is 6.11. The van der Waals surface area contributed by atoms with Gasteiger partial charge in [-0.25, -0.2) is 0 Å². The van der Waals surface area contributed by atoms with E-state index in [9.17, 15) is 9.59 Å². The highest BCUT2D eigenvalue weighted by atomic mass is 32.1. The van der Waals surface area contributed by atoms with Crippen molar-refractivity contribution >= 4 is 22.9 Å². The molecule has 0 aromatic carbocycles. The summed E-state index contributed by atoms with van der Waals surface area (Å²) >= 11 is 1.38. The lowest BCUT2D eigenvalue weighted by atomic mass is 10.1. The SMILES string of the molecule is C=C(CC(=O)c1cccs1)C(C)=O. The van der Waals surface area contributed by atoms with E-state index in [2.05, 4.69) is 6.58 Å². The molecular formula is C10H10O2S. The maximum atomic E-state index is 11.4. The molecule has 0 atom stereocenters. The minimum atomic E-state index is -0.120. The summed E-state index contributed by atoms with van der Waals surface area (Å²) in [4.78, 5) is 22.9. The topological polar surface area (TPSA) is 34.1 Å². The molecule has 0 bridgehead atoms. The third-order valence-corrected chi connectivity index (χ3v) is 2.58. The molecular weight excluding hydrogens is 184 g/mol. The van der Waals surface area contributed by atoms with E-state index in [1.807, 2.05) is 11.4 Å². The van der Waals surface area contributed by atoms with Gasteiger partial charge in [0.2, 0.25) is 0 Å². The van der Waals surface area contributed by atoms with Crippen molar-refractivity contribution in [2.24, 2.45) is 0 Å². The molecule has 0 amide bonds. The predicted molar refractivity (Wildman–Crippen MR) is 53.1 cm³/mol. The first-order valence-corrected chi connectivity index (χ1v) is 4.74. The highest BCUT2D eigenvalue weighted by Crippen LogP contribution is 2.13. The van der Waals surface area contributed by atoms with E-state index in [1.165, 1.54) is 18.3 Å². The van der Waals surface area contributed by atoms with E-state index in [-0.39, 0.29) is 18.0 Å². The van der Waals surface area contributed by atoms with Gasteiger partial charge in [0.1, 0.15) is 0 Å². The van der Waals surface area contributed by atoms with Crippen LogP contribution in [0.4, 0.5) is 0 Å². The molecule has 0 aliphatic rings. The molecule has 0 aliphatic heterocycles. The molecule has 1 rings (SSSR count). The summed E-state index contributed by atoms with van der Waals surface area (Å²) < 4.78 is 0. The van der Waals surface area contributed by atoms with Crippen LogP contribution < -0.4 is 0 Å². The summed E-state index contributed by atoms with van der Waals surface area (Å²) in [5, 5.41) is 1.84. The van der Waals surface area contributed by atoms with Crippen LogP contribution in [0, 0.1) is 0 Å². The first kappa shape index (κ1) is 9.86. The van der Waals surface area contributed by atoms with Gasteiger partial charge in [-0.3, -0.25) is 9.59 Å². The van der Waals surface area contributed by atoms with Crippen LogP contribution in [-0.2, 0) is 4.79 Å².